The van der Waals surface area contributed by atoms with Crippen LogP contribution in [0.2, 0.25) is 0 Å². The van der Waals surface area contributed by atoms with Crippen LogP contribution >= 0.6 is 0 Å². The molecule has 1 fully saturated rings. The molecule has 2 N–H and O–H groups in total. The summed E-state index contributed by atoms with van der Waals surface area (Å²) in [6, 6.07) is 1.50. The third kappa shape index (κ3) is 2.83. The van der Waals surface area contributed by atoms with E-state index in [4.69, 9.17) is 5.11 Å². The van der Waals surface area contributed by atoms with Crippen LogP contribution in [-0.4, -0.2) is 42.1 Å². The van der Waals surface area contributed by atoms with Crippen LogP contribution in [0, 0.1) is 5.92 Å². The number of hydrogen-bond donors (Lipinski definition) is 2. The molecule has 1 aromatic rings. The number of amides is 1. The van der Waals surface area contributed by atoms with E-state index in [-0.39, 0.29) is 17.4 Å². The number of anilines is 1. The van der Waals surface area contributed by atoms with Gasteiger partial charge in [0, 0.05) is 32.3 Å². The number of pyridine rings is 1. The van der Waals surface area contributed by atoms with Gasteiger partial charge in [0.1, 0.15) is 0 Å². The van der Waals surface area contributed by atoms with Gasteiger partial charge in [-0.1, -0.05) is 0 Å². The van der Waals surface area contributed by atoms with E-state index in [1.165, 1.54) is 12.3 Å². The van der Waals surface area contributed by atoms with E-state index in [1.54, 1.807) is 13.2 Å². The molecule has 0 aromatic carbocycles. The number of carbonyl (C=O) groups is 2. The molecule has 0 bridgehead atoms. The Balaban J connectivity index is 2.10. The summed E-state index contributed by atoms with van der Waals surface area (Å²) in [5.41, 5.74) is 0.888. The molecule has 19 heavy (non-hydrogen) atoms. The molecule has 1 aliphatic rings. The molecular weight excluding hydrogens is 246 g/mol. The second-order valence-electron chi connectivity index (χ2n) is 4.57. The average molecular weight is 263 g/mol. The summed E-state index contributed by atoms with van der Waals surface area (Å²) in [5.74, 6) is -0.874. The van der Waals surface area contributed by atoms with E-state index in [1.807, 2.05) is 4.90 Å². The van der Waals surface area contributed by atoms with Crippen LogP contribution in [0.4, 0.5) is 5.69 Å². The topological polar surface area (TPSA) is 82.5 Å². The van der Waals surface area contributed by atoms with Crippen LogP contribution in [0.15, 0.2) is 18.5 Å². The molecule has 0 saturated carbocycles. The van der Waals surface area contributed by atoms with Gasteiger partial charge in [-0.2, -0.15) is 0 Å². The monoisotopic (exact) mass is 263 g/mol. The Bertz CT molecular complexity index is 482. The summed E-state index contributed by atoms with van der Waals surface area (Å²) >= 11 is 0. The van der Waals surface area contributed by atoms with Crippen LogP contribution < -0.4 is 10.2 Å². The van der Waals surface area contributed by atoms with Crippen molar-refractivity contribution in [2.75, 3.05) is 25.0 Å². The summed E-state index contributed by atoms with van der Waals surface area (Å²) in [6.45, 7) is 1.34. The maximum atomic E-state index is 11.5. The van der Waals surface area contributed by atoms with Crippen molar-refractivity contribution in [2.24, 2.45) is 5.92 Å². The predicted octanol–water partition coefficient (Wildman–Crippen LogP) is 0.742. The SMILES string of the molecule is CNC(=O)C1CCN(c2cnccc2C(=O)O)CC1. The van der Waals surface area contributed by atoms with Gasteiger partial charge >= 0.3 is 5.97 Å². The summed E-state index contributed by atoms with van der Waals surface area (Å²) in [7, 11) is 1.64. The molecule has 1 aromatic heterocycles. The number of aromatic nitrogens is 1. The Hall–Kier alpha value is -2.11. The van der Waals surface area contributed by atoms with Crippen molar-refractivity contribution in [3.8, 4) is 0 Å². The van der Waals surface area contributed by atoms with Crippen LogP contribution in [0.25, 0.3) is 0 Å². The smallest absolute Gasteiger partial charge is 0.337 e. The van der Waals surface area contributed by atoms with Gasteiger partial charge in [-0.15, -0.1) is 0 Å². The number of rotatable bonds is 3. The Morgan fingerprint density at radius 2 is 2.11 bits per heavy atom. The highest BCUT2D eigenvalue weighted by molar-refractivity contribution is 5.94. The number of nitrogens with zero attached hydrogens (tertiary/aromatic N) is 2. The minimum absolute atomic E-state index is 0.0196. The van der Waals surface area contributed by atoms with Gasteiger partial charge in [-0.05, 0) is 18.9 Å². The molecule has 6 heteroatoms. The molecular formula is C13H17N3O3. The molecule has 0 unspecified atom stereocenters. The van der Waals surface area contributed by atoms with Gasteiger partial charge in [-0.3, -0.25) is 9.78 Å². The summed E-state index contributed by atoms with van der Waals surface area (Å²) in [4.78, 5) is 28.7. The summed E-state index contributed by atoms with van der Waals surface area (Å²) in [6.07, 6.45) is 4.51. The van der Waals surface area contributed by atoms with Gasteiger partial charge in [-0.25, -0.2) is 4.79 Å². The number of carbonyl (C=O) groups excluding carboxylic acids is 1. The predicted molar refractivity (Wildman–Crippen MR) is 70.2 cm³/mol. The van der Waals surface area contributed by atoms with Gasteiger partial charge < -0.3 is 15.3 Å². The van der Waals surface area contributed by atoms with Crippen molar-refractivity contribution >= 4 is 17.6 Å². The van der Waals surface area contributed by atoms with E-state index < -0.39 is 5.97 Å². The third-order valence-electron chi connectivity index (χ3n) is 3.48. The highest BCUT2D eigenvalue weighted by Gasteiger charge is 2.26. The first-order chi connectivity index (χ1) is 9.13. The maximum Gasteiger partial charge on any atom is 0.337 e. The van der Waals surface area contributed by atoms with Crippen LogP contribution in [0.5, 0.6) is 0 Å². The fourth-order valence-corrected chi connectivity index (χ4v) is 2.41. The first-order valence-corrected chi connectivity index (χ1v) is 6.27. The lowest BCUT2D eigenvalue weighted by Gasteiger charge is -2.33. The second-order valence-corrected chi connectivity index (χ2v) is 4.57. The molecule has 2 rings (SSSR count). The van der Waals surface area contributed by atoms with Crippen LogP contribution in [0.1, 0.15) is 23.2 Å². The highest BCUT2D eigenvalue weighted by Crippen LogP contribution is 2.25. The van der Waals surface area contributed by atoms with Crippen molar-refractivity contribution in [2.45, 2.75) is 12.8 Å². The van der Waals surface area contributed by atoms with E-state index in [0.29, 0.717) is 18.8 Å². The van der Waals surface area contributed by atoms with Crippen LogP contribution in [0.3, 0.4) is 0 Å². The second kappa shape index (κ2) is 5.69. The summed E-state index contributed by atoms with van der Waals surface area (Å²) in [5, 5.41) is 11.8. The standard InChI is InChI=1S/C13H17N3O3/c1-14-12(17)9-3-6-16(7-4-9)11-8-15-5-2-10(11)13(18)19/h2,5,8-9H,3-4,6-7H2,1H3,(H,14,17)(H,18,19). The highest BCUT2D eigenvalue weighted by atomic mass is 16.4. The van der Waals surface area contributed by atoms with Crippen molar-refractivity contribution in [1.29, 1.82) is 0 Å². The first kappa shape index (κ1) is 13.3. The number of aromatic carboxylic acids is 1. The molecule has 0 atom stereocenters. The van der Waals surface area contributed by atoms with E-state index >= 15 is 0 Å². The lowest BCUT2D eigenvalue weighted by molar-refractivity contribution is -0.125. The fourth-order valence-electron chi connectivity index (χ4n) is 2.41. The molecule has 6 nitrogen and oxygen atoms in total. The first-order valence-electron chi connectivity index (χ1n) is 6.27. The van der Waals surface area contributed by atoms with Crippen molar-refractivity contribution in [3.05, 3.63) is 24.0 Å². The van der Waals surface area contributed by atoms with Crippen LogP contribution in [-0.2, 0) is 4.79 Å². The number of carboxylic acids is 1. The minimum Gasteiger partial charge on any atom is -0.478 e. The minimum atomic E-state index is -0.953. The quantitative estimate of drug-likeness (QED) is 0.840. The Morgan fingerprint density at radius 1 is 1.42 bits per heavy atom. The van der Waals surface area contributed by atoms with E-state index in [2.05, 4.69) is 10.3 Å². The average Bonchev–Trinajstić information content (AvgIpc) is 2.46. The number of nitrogens with one attached hydrogen (secondary N) is 1. The Morgan fingerprint density at radius 3 is 2.68 bits per heavy atom. The summed E-state index contributed by atoms with van der Waals surface area (Å²) < 4.78 is 0. The van der Waals surface area contributed by atoms with Crippen molar-refractivity contribution in [3.63, 3.8) is 0 Å². The maximum absolute atomic E-state index is 11.5. The molecule has 1 aliphatic heterocycles. The molecule has 102 valence electrons. The lowest BCUT2D eigenvalue weighted by Crippen LogP contribution is -2.40. The van der Waals surface area contributed by atoms with Gasteiger partial charge in [0.05, 0.1) is 17.4 Å². The normalized spacial score (nSPS) is 16.2. The molecule has 0 spiro atoms. The molecule has 1 amide bonds. The number of carboxylic acid groups (broad SMARTS) is 1. The van der Waals surface area contributed by atoms with Crippen molar-refractivity contribution in [1.82, 2.24) is 10.3 Å². The zero-order valence-corrected chi connectivity index (χ0v) is 10.8. The molecule has 1 saturated heterocycles. The van der Waals surface area contributed by atoms with Crippen molar-refractivity contribution < 1.29 is 14.7 Å². The fraction of sp³-hybridized carbons (Fsp3) is 0.462. The number of hydrogen-bond acceptors (Lipinski definition) is 4. The Labute approximate surface area is 111 Å². The Kier molecular flexibility index (Phi) is 3.99. The number of piperidine rings is 1. The largest absolute Gasteiger partial charge is 0.478 e. The third-order valence-corrected chi connectivity index (χ3v) is 3.48. The molecule has 2 heterocycles. The zero-order valence-electron chi connectivity index (χ0n) is 10.8. The van der Waals surface area contributed by atoms with E-state index in [0.717, 1.165) is 12.8 Å². The molecule has 0 radical (unpaired) electrons. The molecule has 0 aliphatic carbocycles. The van der Waals surface area contributed by atoms with Gasteiger partial charge in [0.2, 0.25) is 5.91 Å². The van der Waals surface area contributed by atoms with E-state index in [9.17, 15) is 9.59 Å². The lowest BCUT2D eigenvalue weighted by atomic mass is 9.95. The van der Waals surface area contributed by atoms with Gasteiger partial charge in [0.15, 0.2) is 0 Å². The van der Waals surface area contributed by atoms with Gasteiger partial charge in [0.25, 0.3) is 0 Å². The zero-order chi connectivity index (χ0) is 13.8.